The number of hydrogen-bond acceptors (Lipinski definition) is 3. The smallest absolute Gasteiger partial charge is 0.293 e. The molecule has 5 heteroatoms. The predicted molar refractivity (Wildman–Crippen MR) is 74.8 cm³/mol. The molecular weight excluding hydrogens is 273 g/mol. The molecule has 21 heavy (non-hydrogen) atoms. The van der Waals surface area contributed by atoms with Gasteiger partial charge in [0.2, 0.25) is 5.76 Å². The van der Waals surface area contributed by atoms with Crippen LogP contribution in [-0.4, -0.2) is 30.6 Å². The monoisotopic (exact) mass is 291 g/mol. The number of allylic oxidation sites excluding steroid dienone is 1. The van der Waals surface area contributed by atoms with E-state index in [1.807, 2.05) is 6.92 Å². The number of nitrogens with zero attached hydrogens (tertiary/aromatic N) is 1. The van der Waals surface area contributed by atoms with Gasteiger partial charge in [0.15, 0.2) is 0 Å². The molecule has 0 spiro atoms. The van der Waals surface area contributed by atoms with Crippen molar-refractivity contribution in [2.75, 3.05) is 19.8 Å². The van der Waals surface area contributed by atoms with Crippen LogP contribution in [0.15, 0.2) is 29.7 Å². The van der Waals surface area contributed by atoms with Crippen molar-refractivity contribution in [1.82, 2.24) is 4.90 Å². The third kappa shape index (κ3) is 2.48. The lowest BCUT2D eigenvalue weighted by molar-refractivity contribution is -0.135. The van der Waals surface area contributed by atoms with Crippen LogP contribution in [0.2, 0.25) is 0 Å². The van der Waals surface area contributed by atoms with Crippen LogP contribution in [0.25, 0.3) is 0 Å². The zero-order chi connectivity index (χ0) is 15.0. The van der Waals surface area contributed by atoms with Gasteiger partial charge in [0.05, 0.1) is 6.04 Å². The van der Waals surface area contributed by atoms with E-state index in [1.54, 1.807) is 17.9 Å². The SMILES string of the molecule is CC1=C(C(=O)N2CCc3ccc(F)cc3C2C)OCCO1. The summed E-state index contributed by atoms with van der Waals surface area (Å²) >= 11 is 0. The lowest BCUT2D eigenvalue weighted by Gasteiger charge is -2.36. The van der Waals surface area contributed by atoms with Gasteiger partial charge in [-0.2, -0.15) is 0 Å². The minimum atomic E-state index is -0.275. The molecule has 0 aliphatic carbocycles. The van der Waals surface area contributed by atoms with Crippen molar-refractivity contribution in [3.8, 4) is 0 Å². The Labute approximate surface area is 123 Å². The fraction of sp³-hybridized carbons (Fsp3) is 0.438. The number of carbonyl (C=O) groups excluding carboxylic acids is 1. The first-order chi connectivity index (χ1) is 10.1. The fourth-order valence-corrected chi connectivity index (χ4v) is 2.91. The molecule has 0 radical (unpaired) electrons. The third-order valence-corrected chi connectivity index (χ3v) is 4.07. The van der Waals surface area contributed by atoms with Gasteiger partial charge in [-0.1, -0.05) is 6.07 Å². The Morgan fingerprint density at radius 1 is 1.33 bits per heavy atom. The van der Waals surface area contributed by atoms with Gasteiger partial charge in [-0.15, -0.1) is 0 Å². The molecular formula is C16H18FNO3. The predicted octanol–water partition coefficient (Wildman–Crippen LogP) is 2.55. The zero-order valence-electron chi connectivity index (χ0n) is 12.2. The number of rotatable bonds is 1. The highest BCUT2D eigenvalue weighted by molar-refractivity contribution is 5.92. The number of amides is 1. The van der Waals surface area contributed by atoms with Crippen molar-refractivity contribution >= 4 is 5.91 Å². The summed E-state index contributed by atoms with van der Waals surface area (Å²) < 4.78 is 24.3. The fourth-order valence-electron chi connectivity index (χ4n) is 2.91. The number of hydrogen-bond donors (Lipinski definition) is 0. The molecule has 1 amide bonds. The molecule has 0 aromatic heterocycles. The largest absolute Gasteiger partial charge is 0.491 e. The topological polar surface area (TPSA) is 38.8 Å². The van der Waals surface area contributed by atoms with Crippen molar-refractivity contribution in [3.63, 3.8) is 0 Å². The molecule has 4 nitrogen and oxygen atoms in total. The molecule has 1 atom stereocenters. The Hall–Kier alpha value is -2.04. The van der Waals surface area contributed by atoms with Gasteiger partial charge in [0, 0.05) is 6.54 Å². The minimum Gasteiger partial charge on any atom is -0.491 e. The third-order valence-electron chi connectivity index (χ3n) is 4.07. The standard InChI is InChI=1S/C16H18FNO3/c1-10-14-9-13(17)4-3-12(14)5-6-18(10)16(19)15-11(2)20-7-8-21-15/h3-4,9-10H,5-8H2,1-2H3. The Kier molecular flexibility index (Phi) is 3.57. The van der Waals surface area contributed by atoms with Crippen LogP contribution in [-0.2, 0) is 20.7 Å². The van der Waals surface area contributed by atoms with Crippen LogP contribution in [0, 0.1) is 5.82 Å². The molecule has 0 N–H and O–H groups in total. The average Bonchev–Trinajstić information content (AvgIpc) is 2.48. The highest BCUT2D eigenvalue weighted by Gasteiger charge is 2.32. The molecule has 1 unspecified atom stereocenters. The molecule has 0 saturated carbocycles. The minimum absolute atomic E-state index is 0.178. The number of halogens is 1. The molecule has 112 valence electrons. The van der Waals surface area contributed by atoms with E-state index in [1.165, 1.54) is 12.1 Å². The number of benzene rings is 1. The van der Waals surface area contributed by atoms with Crippen molar-refractivity contribution in [2.24, 2.45) is 0 Å². The van der Waals surface area contributed by atoms with Gasteiger partial charge >= 0.3 is 0 Å². The quantitative estimate of drug-likeness (QED) is 0.798. The molecule has 2 aliphatic heterocycles. The van der Waals surface area contributed by atoms with E-state index in [-0.39, 0.29) is 23.5 Å². The molecule has 1 aromatic rings. The van der Waals surface area contributed by atoms with Crippen molar-refractivity contribution in [1.29, 1.82) is 0 Å². The molecule has 0 saturated heterocycles. The van der Waals surface area contributed by atoms with E-state index in [0.717, 1.165) is 17.5 Å². The Morgan fingerprint density at radius 3 is 2.86 bits per heavy atom. The summed E-state index contributed by atoms with van der Waals surface area (Å²) in [5, 5.41) is 0. The van der Waals surface area contributed by atoms with E-state index in [4.69, 9.17) is 9.47 Å². The maximum absolute atomic E-state index is 13.5. The van der Waals surface area contributed by atoms with Crippen LogP contribution in [0.4, 0.5) is 4.39 Å². The van der Waals surface area contributed by atoms with E-state index >= 15 is 0 Å². The zero-order valence-corrected chi connectivity index (χ0v) is 12.2. The summed E-state index contributed by atoms with van der Waals surface area (Å²) in [5.41, 5.74) is 1.96. The summed E-state index contributed by atoms with van der Waals surface area (Å²) in [4.78, 5) is 14.4. The summed E-state index contributed by atoms with van der Waals surface area (Å²) in [5.74, 6) is 0.327. The lowest BCUT2D eigenvalue weighted by atomic mass is 9.93. The Bertz CT molecular complexity index is 612. The summed E-state index contributed by atoms with van der Waals surface area (Å²) in [6.45, 7) is 5.08. The van der Waals surface area contributed by atoms with E-state index in [9.17, 15) is 9.18 Å². The van der Waals surface area contributed by atoms with Crippen LogP contribution in [0.5, 0.6) is 0 Å². The van der Waals surface area contributed by atoms with Gasteiger partial charge in [-0.05, 0) is 43.5 Å². The van der Waals surface area contributed by atoms with E-state index < -0.39 is 0 Å². The molecule has 2 heterocycles. The van der Waals surface area contributed by atoms with Crippen molar-refractivity contribution in [2.45, 2.75) is 26.3 Å². The second-order valence-electron chi connectivity index (χ2n) is 5.35. The highest BCUT2D eigenvalue weighted by atomic mass is 19.1. The Morgan fingerprint density at radius 2 is 2.10 bits per heavy atom. The first kappa shape index (κ1) is 13.9. The molecule has 0 fully saturated rings. The lowest BCUT2D eigenvalue weighted by Crippen LogP contribution is -2.41. The van der Waals surface area contributed by atoms with Gasteiger partial charge in [-0.25, -0.2) is 4.39 Å². The van der Waals surface area contributed by atoms with Gasteiger partial charge in [-0.3, -0.25) is 4.79 Å². The number of carbonyl (C=O) groups is 1. The first-order valence-corrected chi connectivity index (χ1v) is 7.13. The normalized spacial score (nSPS) is 21.5. The van der Waals surface area contributed by atoms with Gasteiger partial charge < -0.3 is 14.4 Å². The van der Waals surface area contributed by atoms with Crippen LogP contribution < -0.4 is 0 Å². The van der Waals surface area contributed by atoms with Crippen molar-refractivity contribution < 1.29 is 18.7 Å². The molecule has 3 rings (SSSR count). The molecule has 0 bridgehead atoms. The van der Waals surface area contributed by atoms with E-state index in [0.29, 0.717) is 25.5 Å². The average molecular weight is 291 g/mol. The second-order valence-corrected chi connectivity index (χ2v) is 5.35. The summed E-state index contributed by atoms with van der Waals surface area (Å²) in [6, 6.07) is 4.60. The maximum Gasteiger partial charge on any atom is 0.293 e. The summed E-state index contributed by atoms with van der Waals surface area (Å²) in [7, 11) is 0. The van der Waals surface area contributed by atoms with Crippen LogP contribution >= 0.6 is 0 Å². The first-order valence-electron chi connectivity index (χ1n) is 7.13. The maximum atomic E-state index is 13.5. The highest BCUT2D eigenvalue weighted by Crippen LogP contribution is 2.31. The van der Waals surface area contributed by atoms with Crippen LogP contribution in [0.1, 0.15) is 31.0 Å². The van der Waals surface area contributed by atoms with Crippen LogP contribution in [0.3, 0.4) is 0 Å². The van der Waals surface area contributed by atoms with E-state index in [2.05, 4.69) is 0 Å². The molecule has 1 aromatic carbocycles. The van der Waals surface area contributed by atoms with Gasteiger partial charge in [0.1, 0.15) is 24.8 Å². The van der Waals surface area contributed by atoms with Gasteiger partial charge in [0.25, 0.3) is 5.91 Å². The van der Waals surface area contributed by atoms with Crippen molar-refractivity contribution in [3.05, 3.63) is 46.7 Å². The second kappa shape index (κ2) is 5.39. The molecule has 2 aliphatic rings. The number of ether oxygens (including phenoxy) is 2. The number of fused-ring (bicyclic) bond motifs is 1. The Balaban J connectivity index is 1.89. The summed E-state index contributed by atoms with van der Waals surface area (Å²) in [6.07, 6.45) is 0.721.